The van der Waals surface area contributed by atoms with Crippen molar-refractivity contribution in [3.8, 4) is 0 Å². The number of urea groups is 1. The molecule has 3 saturated carbocycles. The van der Waals surface area contributed by atoms with Gasteiger partial charge in [-0.15, -0.1) is 0 Å². The smallest absolute Gasteiger partial charge is 0.315 e. The number of amides is 2. The maximum Gasteiger partial charge on any atom is 0.315 e. The third-order valence-corrected chi connectivity index (χ3v) is 5.65. The Morgan fingerprint density at radius 1 is 1.27 bits per heavy atom. The Hall–Kier alpha value is -0.810. The van der Waals surface area contributed by atoms with Crippen molar-refractivity contribution in [1.82, 2.24) is 10.6 Å². The van der Waals surface area contributed by atoms with Crippen LogP contribution in [0.2, 0.25) is 0 Å². The van der Waals surface area contributed by atoms with E-state index < -0.39 is 6.10 Å². The Morgan fingerprint density at radius 2 is 2.09 bits per heavy atom. The SMILES string of the molecule is CC(NC(=O)NCC(O)COCC1CC1)C1CC2CCC1C2. The number of rotatable bonds is 8. The van der Waals surface area contributed by atoms with Crippen LogP contribution in [0.25, 0.3) is 0 Å². The van der Waals surface area contributed by atoms with Crippen LogP contribution in [0.15, 0.2) is 0 Å². The summed E-state index contributed by atoms with van der Waals surface area (Å²) in [5, 5.41) is 15.6. The molecule has 0 spiro atoms. The molecular formula is C17H30N2O3. The molecule has 2 amide bonds. The predicted molar refractivity (Wildman–Crippen MR) is 84.5 cm³/mol. The lowest BCUT2D eigenvalue weighted by Crippen LogP contribution is -2.47. The number of aliphatic hydroxyl groups is 1. The third-order valence-electron chi connectivity index (χ3n) is 5.65. The highest BCUT2D eigenvalue weighted by Gasteiger charge is 2.42. The van der Waals surface area contributed by atoms with E-state index in [4.69, 9.17) is 4.74 Å². The topological polar surface area (TPSA) is 70.6 Å². The normalized spacial score (nSPS) is 32.7. The van der Waals surface area contributed by atoms with Gasteiger partial charge >= 0.3 is 6.03 Å². The minimum absolute atomic E-state index is 0.170. The quantitative estimate of drug-likeness (QED) is 0.641. The van der Waals surface area contributed by atoms with Gasteiger partial charge in [0, 0.05) is 19.2 Å². The molecule has 126 valence electrons. The Labute approximate surface area is 133 Å². The molecule has 0 radical (unpaired) electrons. The van der Waals surface area contributed by atoms with E-state index >= 15 is 0 Å². The average Bonchev–Trinajstić information content (AvgIpc) is 3.07. The van der Waals surface area contributed by atoms with E-state index in [0.717, 1.165) is 18.4 Å². The number of hydrogen-bond donors (Lipinski definition) is 3. The van der Waals surface area contributed by atoms with Gasteiger partial charge in [-0.3, -0.25) is 0 Å². The zero-order chi connectivity index (χ0) is 15.5. The summed E-state index contributed by atoms with van der Waals surface area (Å²) in [5.74, 6) is 3.04. The van der Waals surface area contributed by atoms with Crippen LogP contribution in [-0.2, 0) is 4.74 Å². The predicted octanol–water partition coefficient (Wildman–Crippen LogP) is 1.90. The zero-order valence-electron chi connectivity index (χ0n) is 13.6. The molecule has 3 aliphatic rings. The molecular weight excluding hydrogens is 280 g/mol. The molecule has 3 fully saturated rings. The molecule has 0 aliphatic heterocycles. The van der Waals surface area contributed by atoms with Crippen LogP contribution in [-0.4, -0.2) is 43.0 Å². The molecule has 3 aliphatic carbocycles. The number of nitrogens with one attached hydrogen (secondary N) is 2. The first kappa shape index (κ1) is 16.1. The fraction of sp³-hybridized carbons (Fsp3) is 0.941. The summed E-state index contributed by atoms with van der Waals surface area (Å²) in [4.78, 5) is 11.9. The number of carbonyl (C=O) groups is 1. The highest BCUT2D eigenvalue weighted by atomic mass is 16.5. The Kier molecular flexibility index (Phi) is 5.24. The van der Waals surface area contributed by atoms with Crippen molar-refractivity contribution >= 4 is 6.03 Å². The van der Waals surface area contributed by atoms with Gasteiger partial charge in [0.15, 0.2) is 0 Å². The molecule has 5 nitrogen and oxygen atoms in total. The summed E-state index contributed by atoms with van der Waals surface area (Å²) >= 11 is 0. The average molecular weight is 310 g/mol. The summed E-state index contributed by atoms with van der Waals surface area (Å²) in [5.41, 5.74) is 0. The van der Waals surface area contributed by atoms with E-state index in [-0.39, 0.29) is 18.6 Å². The molecule has 0 heterocycles. The van der Waals surface area contributed by atoms with Crippen LogP contribution in [0.3, 0.4) is 0 Å². The van der Waals surface area contributed by atoms with Gasteiger partial charge in [-0.2, -0.15) is 0 Å². The largest absolute Gasteiger partial charge is 0.389 e. The van der Waals surface area contributed by atoms with Crippen molar-refractivity contribution in [2.75, 3.05) is 19.8 Å². The van der Waals surface area contributed by atoms with E-state index in [2.05, 4.69) is 17.6 Å². The lowest BCUT2D eigenvalue weighted by Gasteiger charge is -2.28. The number of aliphatic hydroxyl groups excluding tert-OH is 1. The molecule has 3 rings (SSSR count). The highest BCUT2D eigenvalue weighted by molar-refractivity contribution is 5.74. The van der Waals surface area contributed by atoms with E-state index in [1.54, 1.807) is 0 Å². The number of hydrogen-bond acceptors (Lipinski definition) is 3. The first-order chi connectivity index (χ1) is 10.6. The third kappa shape index (κ3) is 4.35. The fourth-order valence-electron chi connectivity index (χ4n) is 4.20. The van der Waals surface area contributed by atoms with Gasteiger partial charge in [-0.1, -0.05) is 6.42 Å². The van der Waals surface area contributed by atoms with Crippen molar-refractivity contribution in [2.45, 2.75) is 57.6 Å². The van der Waals surface area contributed by atoms with E-state index in [1.807, 2.05) is 0 Å². The van der Waals surface area contributed by atoms with Crippen molar-refractivity contribution in [1.29, 1.82) is 0 Å². The van der Waals surface area contributed by atoms with Gasteiger partial charge in [-0.25, -0.2) is 4.79 Å². The van der Waals surface area contributed by atoms with Crippen molar-refractivity contribution in [2.24, 2.45) is 23.7 Å². The lowest BCUT2D eigenvalue weighted by molar-refractivity contribution is 0.0336. The minimum Gasteiger partial charge on any atom is -0.389 e. The molecule has 22 heavy (non-hydrogen) atoms. The second kappa shape index (κ2) is 7.18. The van der Waals surface area contributed by atoms with Gasteiger partial charge in [0.25, 0.3) is 0 Å². The van der Waals surface area contributed by atoms with Gasteiger partial charge in [0.05, 0.1) is 12.7 Å². The molecule has 5 atom stereocenters. The highest BCUT2D eigenvalue weighted by Crippen LogP contribution is 2.49. The molecule has 3 N–H and O–H groups in total. The van der Waals surface area contributed by atoms with Crippen molar-refractivity contribution in [3.63, 3.8) is 0 Å². The van der Waals surface area contributed by atoms with Gasteiger partial charge in [0.1, 0.15) is 0 Å². The standard InChI is InChI=1S/C17H30N2O3/c1-11(16-7-13-4-5-14(16)6-13)19-17(21)18-8-15(20)10-22-9-12-2-3-12/h11-16,20H,2-10H2,1H3,(H2,18,19,21). The van der Waals surface area contributed by atoms with Crippen LogP contribution < -0.4 is 10.6 Å². The zero-order valence-corrected chi connectivity index (χ0v) is 13.6. The summed E-state index contributed by atoms with van der Waals surface area (Å²) in [6, 6.07) is 0.0510. The van der Waals surface area contributed by atoms with Crippen LogP contribution >= 0.6 is 0 Å². The monoisotopic (exact) mass is 310 g/mol. The van der Waals surface area contributed by atoms with Crippen LogP contribution in [0.4, 0.5) is 4.79 Å². The summed E-state index contributed by atoms with van der Waals surface area (Å²) < 4.78 is 5.43. The molecule has 0 aromatic carbocycles. The van der Waals surface area contributed by atoms with E-state index in [0.29, 0.717) is 18.4 Å². The van der Waals surface area contributed by atoms with Crippen molar-refractivity contribution in [3.05, 3.63) is 0 Å². The van der Waals surface area contributed by atoms with Crippen molar-refractivity contribution < 1.29 is 14.6 Å². The van der Waals surface area contributed by atoms with Gasteiger partial charge < -0.3 is 20.5 Å². The maximum absolute atomic E-state index is 11.9. The number of carbonyl (C=O) groups excluding carboxylic acids is 1. The molecule has 2 bridgehead atoms. The van der Waals surface area contributed by atoms with Crippen LogP contribution in [0, 0.1) is 23.7 Å². The first-order valence-corrected chi connectivity index (χ1v) is 8.92. The fourth-order valence-corrected chi connectivity index (χ4v) is 4.20. The summed E-state index contributed by atoms with van der Waals surface area (Å²) in [6.45, 7) is 3.41. The Balaban J connectivity index is 1.28. The second-order valence-electron chi connectivity index (χ2n) is 7.62. The van der Waals surface area contributed by atoms with Crippen LogP contribution in [0.5, 0.6) is 0 Å². The summed E-state index contributed by atoms with van der Waals surface area (Å²) in [6.07, 6.45) is 7.21. The number of fused-ring (bicyclic) bond motifs is 2. The van der Waals surface area contributed by atoms with E-state index in [9.17, 15) is 9.90 Å². The second-order valence-corrected chi connectivity index (χ2v) is 7.62. The molecule has 5 unspecified atom stereocenters. The molecule has 0 saturated heterocycles. The minimum atomic E-state index is -0.623. The first-order valence-electron chi connectivity index (χ1n) is 8.92. The summed E-state index contributed by atoms with van der Waals surface area (Å²) in [7, 11) is 0. The molecule has 0 aromatic rings. The Bertz CT molecular complexity index is 386. The molecule has 5 heteroatoms. The van der Waals surface area contributed by atoms with Gasteiger partial charge in [-0.05, 0) is 62.7 Å². The maximum atomic E-state index is 11.9. The van der Waals surface area contributed by atoms with Crippen LogP contribution in [0.1, 0.15) is 45.4 Å². The Morgan fingerprint density at radius 3 is 2.73 bits per heavy atom. The van der Waals surface area contributed by atoms with E-state index in [1.165, 1.54) is 38.5 Å². The van der Waals surface area contributed by atoms with Gasteiger partial charge in [0.2, 0.25) is 0 Å². The lowest BCUT2D eigenvalue weighted by atomic mass is 9.84. The molecule has 0 aromatic heterocycles. The number of ether oxygens (including phenoxy) is 1.